The molecule has 1 aromatic rings. The van der Waals surface area contributed by atoms with Crippen LogP contribution in [0.15, 0.2) is 24.3 Å². The molecule has 2 heterocycles. The van der Waals surface area contributed by atoms with Crippen molar-refractivity contribution in [3.63, 3.8) is 0 Å². The normalized spacial score (nSPS) is 25.0. The number of nitrogens with two attached hydrogens (primary N) is 1. The van der Waals surface area contributed by atoms with Crippen molar-refractivity contribution in [3.05, 3.63) is 34.9 Å². The maximum Gasteiger partial charge on any atom is 0.243 e. The highest BCUT2D eigenvalue weighted by Gasteiger charge is 2.40. The van der Waals surface area contributed by atoms with Crippen LogP contribution < -0.4 is 5.73 Å². The van der Waals surface area contributed by atoms with Crippen molar-refractivity contribution in [2.45, 2.75) is 24.5 Å². The first-order chi connectivity index (χ1) is 10.6. The minimum absolute atomic E-state index is 0.0121. The standard InChI is InChI=1S/C16H21ClN2O3/c17-13-3-1-12(2-4-13)14-11-19(7-10-22-14)15(20)16(18)5-8-21-9-6-16/h1-4,14H,5-11,18H2. The van der Waals surface area contributed by atoms with Crippen LogP contribution in [0.4, 0.5) is 0 Å². The summed E-state index contributed by atoms with van der Waals surface area (Å²) in [5.41, 5.74) is 6.54. The van der Waals surface area contributed by atoms with E-state index in [4.69, 9.17) is 26.8 Å². The van der Waals surface area contributed by atoms with Crippen molar-refractivity contribution < 1.29 is 14.3 Å². The lowest BCUT2D eigenvalue weighted by Gasteiger charge is -2.40. The van der Waals surface area contributed by atoms with Crippen LogP contribution in [0.2, 0.25) is 5.02 Å². The minimum Gasteiger partial charge on any atom is -0.381 e. The molecule has 2 aliphatic rings. The highest BCUT2D eigenvalue weighted by molar-refractivity contribution is 6.30. The van der Waals surface area contributed by atoms with Gasteiger partial charge in [-0.1, -0.05) is 23.7 Å². The highest BCUT2D eigenvalue weighted by atomic mass is 35.5. The number of hydrogen-bond donors (Lipinski definition) is 1. The molecule has 0 aliphatic carbocycles. The summed E-state index contributed by atoms with van der Waals surface area (Å²) in [7, 11) is 0. The van der Waals surface area contributed by atoms with E-state index in [0.717, 1.165) is 5.56 Å². The van der Waals surface area contributed by atoms with Crippen molar-refractivity contribution in [2.75, 3.05) is 32.9 Å². The Labute approximate surface area is 135 Å². The average molecular weight is 325 g/mol. The number of morpholine rings is 1. The summed E-state index contributed by atoms with van der Waals surface area (Å²) in [6.07, 6.45) is 1.03. The van der Waals surface area contributed by atoms with E-state index >= 15 is 0 Å². The van der Waals surface area contributed by atoms with E-state index in [2.05, 4.69) is 0 Å². The monoisotopic (exact) mass is 324 g/mol. The van der Waals surface area contributed by atoms with Gasteiger partial charge in [-0.25, -0.2) is 0 Å². The molecule has 2 N–H and O–H groups in total. The van der Waals surface area contributed by atoms with Crippen LogP contribution in [-0.4, -0.2) is 49.3 Å². The lowest BCUT2D eigenvalue weighted by atomic mass is 9.89. The van der Waals surface area contributed by atoms with Crippen LogP contribution in [0.1, 0.15) is 24.5 Å². The second-order valence-electron chi connectivity index (χ2n) is 5.93. The SMILES string of the molecule is NC1(C(=O)N2CCOC(c3ccc(Cl)cc3)C2)CCOCC1. The van der Waals surface area contributed by atoms with E-state index in [-0.39, 0.29) is 12.0 Å². The van der Waals surface area contributed by atoms with Gasteiger partial charge in [-0.3, -0.25) is 4.79 Å². The van der Waals surface area contributed by atoms with Crippen molar-refractivity contribution in [1.29, 1.82) is 0 Å². The molecule has 2 fully saturated rings. The zero-order valence-corrected chi connectivity index (χ0v) is 13.2. The number of rotatable bonds is 2. The number of amides is 1. The summed E-state index contributed by atoms with van der Waals surface area (Å²) in [4.78, 5) is 14.6. The Morgan fingerprint density at radius 2 is 1.91 bits per heavy atom. The third kappa shape index (κ3) is 3.27. The summed E-state index contributed by atoms with van der Waals surface area (Å²) in [5.74, 6) is 0.0121. The van der Waals surface area contributed by atoms with Crippen LogP contribution in [0.25, 0.3) is 0 Å². The Hall–Kier alpha value is -1.14. The summed E-state index contributed by atoms with van der Waals surface area (Å²) in [5, 5.41) is 0.690. The molecule has 0 saturated carbocycles. The quantitative estimate of drug-likeness (QED) is 0.900. The van der Waals surface area contributed by atoms with Crippen LogP contribution in [0.5, 0.6) is 0 Å². The summed E-state index contributed by atoms with van der Waals surface area (Å²) < 4.78 is 11.1. The van der Waals surface area contributed by atoms with Crippen molar-refractivity contribution >= 4 is 17.5 Å². The van der Waals surface area contributed by atoms with Gasteiger partial charge >= 0.3 is 0 Å². The number of hydrogen-bond acceptors (Lipinski definition) is 4. The molecule has 6 heteroatoms. The number of halogens is 1. The largest absolute Gasteiger partial charge is 0.381 e. The molecule has 1 unspecified atom stereocenters. The first-order valence-corrected chi connectivity index (χ1v) is 7.99. The predicted octanol–water partition coefficient (Wildman–Crippen LogP) is 1.75. The Morgan fingerprint density at radius 1 is 1.23 bits per heavy atom. The van der Waals surface area contributed by atoms with E-state index in [0.29, 0.717) is 50.8 Å². The molecule has 3 rings (SSSR count). The summed E-state index contributed by atoms with van der Waals surface area (Å²) in [6, 6.07) is 7.55. The Kier molecular flexibility index (Phi) is 4.68. The third-order valence-electron chi connectivity index (χ3n) is 4.41. The molecule has 120 valence electrons. The molecular formula is C16H21ClN2O3. The van der Waals surface area contributed by atoms with Crippen molar-refractivity contribution in [1.82, 2.24) is 4.90 Å². The summed E-state index contributed by atoms with van der Waals surface area (Å²) >= 11 is 5.92. The first kappa shape index (κ1) is 15.7. The molecule has 0 spiro atoms. The molecule has 1 aromatic carbocycles. The van der Waals surface area contributed by atoms with Crippen molar-refractivity contribution in [3.8, 4) is 0 Å². The lowest BCUT2D eigenvalue weighted by Crippen LogP contribution is -2.60. The molecule has 0 aromatic heterocycles. The second kappa shape index (κ2) is 6.54. The van der Waals surface area contributed by atoms with Gasteiger partial charge in [-0.05, 0) is 30.5 Å². The fourth-order valence-electron chi connectivity index (χ4n) is 2.98. The zero-order chi connectivity index (χ0) is 15.6. The van der Waals surface area contributed by atoms with Gasteiger partial charge in [0, 0.05) is 24.8 Å². The van der Waals surface area contributed by atoms with Crippen LogP contribution in [-0.2, 0) is 14.3 Å². The number of nitrogens with zero attached hydrogens (tertiary/aromatic N) is 1. The minimum atomic E-state index is -0.792. The van der Waals surface area contributed by atoms with E-state index in [1.165, 1.54) is 0 Å². The molecule has 5 nitrogen and oxygen atoms in total. The molecule has 22 heavy (non-hydrogen) atoms. The van der Waals surface area contributed by atoms with Gasteiger partial charge in [0.15, 0.2) is 0 Å². The highest BCUT2D eigenvalue weighted by Crippen LogP contribution is 2.27. The van der Waals surface area contributed by atoms with E-state index in [1.807, 2.05) is 29.2 Å². The number of benzene rings is 1. The van der Waals surface area contributed by atoms with E-state index < -0.39 is 5.54 Å². The van der Waals surface area contributed by atoms with Gasteiger partial charge in [0.2, 0.25) is 5.91 Å². The maximum absolute atomic E-state index is 12.8. The molecule has 1 amide bonds. The number of carbonyl (C=O) groups is 1. The summed E-state index contributed by atoms with van der Waals surface area (Å²) in [6.45, 7) is 2.73. The third-order valence-corrected chi connectivity index (χ3v) is 4.66. The molecular weight excluding hydrogens is 304 g/mol. The Morgan fingerprint density at radius 3 is 2.59 bits per heavy atom. The van der Waals surface area contributed by atoms with Gasteiger partial charge in [-0.2, -0.15) is 0 Å². The smallest absolute Gasteiger partial charge is 0.243 e. The van der Waals surface area contributed by atoms with Gasteiger partial charge in [-0.15, -0.1) is 0 Å². The van der Waals surface area contributed by atoms with E-state index in [9.17, 15) is 4.79 Å². The first-order valence-electron chi connectivity index (χ1n) is 7.61. The number of ether oxygens (including phenoxy) is 2. The lowest BCUT2D eigenvalue weighted by molar-refractivity contribution is -0.148. The molecule has 2 aliphatic heterocycles. The van der Waals surface area contributed by atoms with Gasteiger partial charge in [0.25, 0.3) is 0 Å². The van der Waals surface area contributed by atoms with Crippen molar-refractivity contribution in [2.24, 2.45) is 5.73 Å². The van der Waals surface area contributed by atoms with Crippen LogP contribution in [0.3, 0.4) is 0 Å². The molecule has 0 radical (unpaired) electrons. The topological polar surface area (TPSA) is 64.8 Å². The van der Waals surface area contributed by atoms with E-state index in [1.54, 1.807) is 0 Å². The van der Waals surface area contributed by atoms with Gasteiger partial charge < -0.3 is 20.1 Å². The molecule has 2 saturated heterocycles. The van der Waals surface area contributed by atoms with Gasteiger partial charge in [0.1, 0.15) is 6.10 Å². The average Bonchev–Trinajstić information content (AvgIpc) is 2.56. The van der Waals surface area contributed by atoms with Crippen LogP contribution in [0, 0.1) is 0 Å². The number of carbonyl (C=O) groups excluding carboxylic acids is 1. The maximum atomic E-state index is 12.8. The zero-order valence-electron chi connectivity index (χ0n) is 12.5. The molecule has 0 bridgehead atoms. The van der Waals surface area contributed by atoms with Gasteiger partial charge in [0.05, 0.1) is 18.7 Å². The molecule has 1 atom stereocenters. The fraction of sp³-hybridized carbons (Fsp3) is 0.562. The Balaban J connectivity index is 1.69. The second-order valence-corrected chi connectivity index (χ2v) is 6.37. The Bertz CT molecular complexity index is 529. The predicted molar refractivity (Wildman–Crippen MR) is 83.7 cm³/mol. The van der Waals surface area contributed by atoms with Crippen LogP contribution >= 0.6 is 11.6 Å². The fourth-order valence-corrected chi connectivity index (χ4v) is 3.10.